The quantitative estimate of drug-likeness (QED) is 0.424. The van der Waals surface area contributed by atoms with Crippen LogP contribution in [0.25, 0.3) is 0 Å². The van der Waals surface area contributed by atoms with Crippen molar-refractivity contribution in [2.24, 2.45) is 10.7 Å². The van der Waals surface area contributed by atoms with E-state index in [-0.39, 0.29) is 0 Å². The first kappa shape index (κ1) is 17.7. The van der Waals surface area contributed by atoms with Crippen molar-refractivity contribution in [3.8, 4) is 0 Å². The SMILES string of the molecule is COCc1ccccc1CN=C(N)NCCCN1CCOCC1. The van der Waals surface area contributed by atoms with E-state index in [4.69, 9.17) is 15.2 Å². The number of hydrogen-bond donors (Lipinski definition) is 2. The molecule has 0 aromatic heterocycles. The van der Waals surface area contributed by atoms with Crippen molar-refractivity contribution in [3.05, 3.63) is 35.4 Å². The van der Waals surface area contributed by atoms with Crippen LogP contribution in [0.15, 0.2) is 29.3 Å². The lowest BCUT2D eigenvalue weighted by Gasteiger charge is -2.26. The van der Waals surface area contributed by atoms with E-state index in [2.05, 4.69) is 27.3 Å². The van der Waals surface area contributed by atoms with Crippen LogP contribution in [-0.2, 0) is 22.6 Å². The maximum absolute atomic E-state index is 5.94. The molecule has 0 aliphatic carbocycles. The zero-order valence-electron chi connectivity index (χ0n) is 14.0. The van der Waals surface area contributed by atoms with Crippen LogP contribution in [-0.4, -0.2) is 57.4 Å². The molecule has 3 N–H and O–H groups in total. The minimum atomic E-state index is 0.499. The van der Waals surface area contributed by atoms with Gasteiger partial charge in [-0.05, 0) is 24.1 Å². The van der Waals surface area contributed by atoms with Gasteiger partial charge in [0.2, 0.25) is 0 Å². The van der Waals surface area contributed by atoms with Crippen molar-refractivity contribution in [3.63, 3.8) is 0 Å². The van der Waals surface area contributed by atoms with Crippen molar-refractivity contribution in [1.82, 2.24) is 10.2 Å². The number of benzene rings is 1. The summed E-state index contributed by atoms with van der Waals surface area (Å²) in [5.74, 6) is 0.499. The fourth-order valence-corrected chi connectivity index (χ4v) is 2.58. The molecule has 1 heterocycles. The Labute approximate surface area is 138 Å². The van der Waals surface area contributed by atoms with Crippen LogP contribution < -0.4 is 11.1 Å². The normalized spacial score (nSPS) is 16.5. The van der Waals surface area contributed by atoms with Gasteiger partial charge < -0.3 is 20.5 Å². The average Bonchev–Trinajstić information content (AvgIpc) is 2.59. The van der Waals surface area contributed by atoms with Gasteiger partial charge >= 0.3 is 0 Å². The smallest absolute Gasteiger partial charge is 0.188 e. The number of nitrogens with one attached hydrogen (secondary N) is 1. The lowest BCUT2D eigenvalue weighted by atomic mass is 10.1. The second-order valence-corrected chi connectivity index (χ2v) is 5.64. The summed E-state index contributed by atoms with van der Waals surface area (Å²) < 4.78 is 10.5. The van der Waals surface area contributed by atoms with Crippen LogP contribution in [0.2, 0.25) is 0 Å². The molecule has 1 aromatic rings. The zero-order chi connectivity index (χ0) is 16.3. The summed E-state index contributed by atoms with van der Waals surface area (Å²) in [5.41, 5.74) is 8.24. The molecule has 1 fully saturated rings. The highest BCUT2D eigenvalue weighted by molar-refractivity contribution is 5.77. The first-order chi connectivity index (χ1) is 11.3. The number of nitrogens with two attached hydrogens (primary N) is 1. The van der Waals surface area contributed by atoms with Gasteiger partial charge in [0.1, 0.15) is 0 Å². The number of methoxy groups -OCH3 is 1. The standard InChI is InChI=1S/C17H28N4O2/c1-22-14-16-6-3-2-5-15(16)13-20-17(18)19-7-4-8-21-9-11-23-12-10-21/h2-3,5-6H,4,7-14H2,1H3,(H3,18,19,20). The molecule has 1 aromatic carbocycles. The molecule has 0 unspecified atom stereocenters. The van der Waals surface area contributed by atoms with Gasteiger partial charge in [-0.3, -0.25) is 4.90 Å². The minimum Gasteiger partial charge on any atom is -0.380 e. The van der Waals surface area contributed by atoms with Gasteiger partial charge in [-0.25, -0.2) is 4.99 Å². The van der Waals surface area contributed by atoms with E-state index in [1.54, 1.807) is 7.11 Å². The molecular formula is C17H28N4O2. The van der Waals surface area contributed by atoms with Gasteiger partial charge in [0.15, 0.2) is 5.96 Å². The lowest BCUT2D eigenvalue weighted by Crippen LogP contribution is -2.39. The van der Waals surface area contributed by atoms with Crippen LogP contribution in [0.1, 0.15) is 17.5 Å². The molecule has 0 spiro atoms. The summed E-state index contributed by atoms with van der Waals surface area (Å²) in [6.45, 7) is 6.82. The Morgan fingerprint density at radius 3 is 2.78 bits per heavy atom. The van der Waals surface area contributed by atoms with E-state index in [1.807, 2.05) is 12.1 Å². The zero-order valence-corrected chi connectivity index (χ0v) is 14.0. The summed E-state index contributed by atoms with van der Waals surface area (Å²) in [5, 5.41) is 3.18. The largest absolute Gasteiger partial charge is 0.380 e. The van der Waals surface area contributed by atoms with Crippen molar-refractivity contribution >= 4 is 5.96 Å². The molecule has 0 bridgehead atoms. The Kier molecular flexibility index (Phi) is 7.86. The Morgan fingerprint density at radius 1 is 1.30 bits per heavy atom. The molecule has 0 atom stereocenters. The Hall–Kier alpha value is -1.63. The molecule has 6 heteroatoms. The first-order valence-corrected chi connectivity index (χ1v) is 8.19. The van der Waals surface area contributed by atoms with E-state index in [0.717, 1.165) is 56.9 Å². The summed E-state index contributed by atoms with van der Waals surface area (Å²) in [7, 11) is 1.70. The second kappa shape index (κ2) is 10.2. The average molecular weight is 320 g/mol. The summed E-state index contributed by atoms with van der Waals surface area (Å²) in [6.07, 6.45) is 1.05. The van der Waals surface area contributed by atoms with Crippen LogP contribution in [0.5, 0.6) is 0 Å². The van der Waals surface area contributed by atoms with Crippen molar-refractivity contribution in [1.29, 1.82) is 0 Å². The number of guanidine groups is 1. The second-order valence-electron chi connectivity index (χ2n) is 5.64. The van der Waals surface area contributed by atoms with E-state index < -0.39 is 0 Å². The van der Waals surface area contributed by atoms with E-state index >= 15 is 0 Å². The van der Waals surface area contributed by atoms with Gasteiger partial charge in [-0.2, -0.15) is 0 Å². The molecule has 0 amide bonds. The van der Waals surface area contributed by atoms with Crippen molar-refractivity contribution in [2.45, 2.75) is 19.6 Å². The number of nitrogens with zero attached hydrogens (tertiary/aromatic N) is 2. The summed E-state index contributed by atoms with van der Waals surface area (Å²) in [4.78, 5) is 6.83. The summed E-state index contributed by atoms with van der Waals surface area (Å²) >= 11 is 0. The molecular weight excluding hydrogens is 292 g/mol. The summed E-state index contributed by atoms with van der Waals surface area (Å²) in [6, 6.07) is 8.13. The van der Waals surface area contributed by atoms with Gasteiger partial charge in [-0.1, -0.05) is 24.3 Å². The van der Waals surface area contributed by atoms with E-state index in [1.165, 1.54) is 0 Å². The van der Waals surface area contributed by atoms with Crippen LogP contribution in [0, 0.1) is 0 Å². The molecule has 2 rings (SSSR count). The Morgan fingerprint density at radius 2 is 2.04 bits per heavy atom. The van der Waals surface area contributed by atoms with Crippen molar-refractivity contribution in [2.75, 3.05) is 46.5 Å². The van der Waals surface area contributed by atoms with Crippen LogP contribution in [0.3, 0.4) is 0 Å². The fourth-order valence-electron chi connectivity index (χ4n) is 2.58. The molecule has 6 nitrogen and oxygen atoms in total. The number of ether oxygens (including phenoxy) is 2. The van der Waals surface area contributed by atoms with Gasteiger partial charge in [0.05, 0.1) is 26.4 Å². The maximum atomic E-state index is 5.94. The molecule has 0 radical (unpaired) electrons. The third-order valence-corrected chi connectivity index (χ3v) is 3.90. The maximum Gasteiger partial charge on any atom is 0.188 e. The topological polar surface area (TPSA) is 72.1 Å². The highest BCUT2D eigenvalue weighted by atomic mass is 16.5. The number of aliphatic imine (C=N–C) groups is 1. The molecule has 1 aliphatic rings. The fraction of sp³-hybridized carbons (Fsp3) is 0.588. The van der Waals surface area contributed by atoms with Crippen LogP contribution >= 0.6 is 0 Å². The predicted octanol–water partition coefficient (Wildman–Crippen LogP) is 0.960. The molecule has 1 saturated heterocycles. The van der Waals surface area contributed by atoms with Crippen LogP contribution in [0.4, 0.5) is 0 Å². The van der Waals surface area contributed by atoms with E-state index in [0.29, 0.717) is 19.1 Å². The molecule has 23 heavy (non-hydrogen) atoms. The predicted molar refractivity (Wildman–Crippen MR) is 92.4 cm³/mol. The first-order valence-electron chi connectivity index (χ1n) is 8.19. The minimum absolute atomic E-state index is 0.499. The molecule has 128 valence electrons. The van der Waals surface area contributed by atoms with Crippen molar-refractivity contribution < 1.29 is 9.47 Å². The van der Waals surface area contributed by atoms with Gasteiger partial charge in [-0.15, -0.1) is 0 Å². The molecule has 1 aliphatic heterocycles. The number of morpholine rings is 1. The Balaban J connectivity index is 1.68. The van der Waals surface area contributed by atoms with E-state index in [9.17, 15) is 0 Å². The highest BCUT2D eigenvalue weighted by Crippen LogP contribution is 2.10. The highest BCUT2D eigenvalue weighted by Gasteiger charge is 2.09. The number of hydrogen-bond acceptors (Lipinski definition) is 4. The van der Waals surface area contributed by atoms with Gasteiger partial charge in [0, 0.05) is 26.7 Å². The Bertz CT molecular complexity index is 487. The third-order valence-electron chi connectivity index (χ3n) is 3.90. The lowest BCUT2D eigenvalue weighted by molar-refractivity contribution is 0.0376. The molecule has 0 saturated carbocycles. The monoisotopic (exact) mass is 320 g/mol. The number of rotatable bonds is 8. The van der Waals surface area contributed by atoms with Gasteiger partial charge in [0.25, 0.3) is 0 Å². The third kappa shape index (κ3) is 6.56.